The number of piperazine rings is 1. The van der Waals surface area contributed by atoms with Crippen LogP contribution in [0.4, 0.5) is 5.82 Å². The van der Waals surface area contributed by atoms with Gasteiger partial charge in [0, 0.05) is 44.8 Å². The highest BCUT2D eigenvalue weighted by molar-refractivity contribution is 5.78. The first kappa shape index (κ1) is 16.2. The number of pyridine rings is 1. The zero-order valence-electron chi connectivity index (χ0n) is 14.1. The molecule has 6 heteroatoms. The lowest BCUT2D eigenvalue weighted by molar-refractivity contribution is -0.126. The maximum Gasteiger partial charge on any atom is 0.223 e. The quantitative estimate of drug-likeness (QED) is 0.818. The van der Waals surface area contributed by atoms with Gasteiger partial charge in [-0.1, -0.05) is 13.0 Å². The van der Waals surface area contributed by atoms with Crippen molar-refractivity contribution < 1.29 is 4.79 Å². The summed E-state index contributed by atoms with van der Waals surface area (Å²) in [6.45, 7) is 8.67. The standard InChI is InChI=1S/C17H27N5O/c1-13(15-11-18-12-15)17(23)20-10-14-3-4-16(19-9-14)22-7-5-21(2)6-8-22/h3-4,9,13,15,18H,5-8,10-12H2,1-2H3,(H,20,23). The zero-order chi connectivity index (χ0) is 16.2. The van der Waals surface area contributed by atoms with Gasteiger partial charge in [-0.3, -0.25) is 4.79 Å². The van der Waals surface area contributed by atoms with E-state index in [1.807, 2.05) is 13.1 Å². The SMILES string of the molecule is CC(C(=O)NCc1ccc(N2CCN(C)CC2)nc1)C1CNC1. The van der Waals surface area contributed by atoms with Gasteiger partial charge >= 0.3 is 0 Å². The van der Waals surface area contributed by atoms with Crippen LogP contribution in [0.5, 0.6) is 0 Å². The van der Waals surface area contributed by atoms with Crippen molar-refractivity contribution in [3.63, 3.8) is 0 Å². The zero-order valence-corrected chi connectivity index (χ0v) is 14.1. The summed E-state index contributed by atoms with van der Waals surface area (Å²) in [5.41, 5.74) is 1.05. The van der Waals surface area contributed by atoms with Crippen LogP contribution in [0.25, 0.3) is 0 Å². The molecule has 1 atom stereocenters. The summed E-state index contributed by atoms with van der Waals surface area (Å²) in [6.07, 6.45) is 1.88. The molecule has 0 bridgehead atoms. The van der Waals surface area contributed by atoms with Crippen LogP contribution >= 0.6 is 0 Å². The van der Waals surface area contributed by atoms with E-state index >= 15 is 0 Å². The fourth-order valence-corrected chi connectivity index (χ4v) is 2.97. The number of hydrogen-bond acceptors (Lipinski definition) is 5. The topological polar surface area (TPSA) is 60.5 Å². The molecule has 3 heterocycles. The molecule has 23 heavy (non-hydrogen) atoms. The first-order chi connectivity index (χ1) is 11.1. The van der Waals surface area contributed by atoms with Gasteiger partial charge in [0.15, 0.2) is 0 Å². The van der Waals surface area contributed by atoms with Gasteiger partial charge in [0.1, 0.15) is 5.82 Å². The number of likely N-dealkylation sites (N-methyl/N-ethyl adjacent to an activating group) is 1. The molecule has 0 aliphatic carbocycles. The van der Waals surface area contributed by atoms with Crippen LogP contribution in [-0.4, -0.2) is 62.1 Å². The molecule has 0 aromatic carbocycles. The summed E-state index contributed by atoms with van der Waals surface area (Å²) in [4.78, 5) is 21.3. The summed E-state index contributed by atoms with van der Waals surface area (Å²) in [5.74, 6) is 1.73. The fraction of sp³-hybridized carbons (Fsp3) is 0.647. The Morgan fingerprint density at radius 3 is 2.65 bits per heavy atom. The minimum atomic E-state index is 0.0776. The van der Waals surface area contributed by atoms with Crippen LogP contribution in [0.3, 0.4) is 0 Å². The number of nitrogens with one attached hydrogen (secondary N) is 2. The number of aromatic nitrogens is 1. The van der Waals surface area contributed by atoms with Crippen LogP contribution in [-0.2, 0) is 11.3 Å². The Hall–Kier alpha value is -1.66. The molecular weight excluding hydrogens is 290 g/mol. The highest BCUT2D eigenvalue weighted by Crippen LogP contribution is 2.16. The molecule has 0 spiro atoms. The molecule has 2 N–H and O–H groups in total. The first-order valence-electron chi connectivity index (χ1n) is 8.50. The van der Waals surface area contributed by atoms with Gasteiger partial charge in [-0.2, -0.15) is 0 Å². The maximum absolute atomic E-state index is 12.1. The summed E-state index contributed by atoms with van der Waals surface area (Å²) < 4.78 is 0. The molecule has 1 aromatic heterocycles. The average Bonchev–Trinajstić information content (AvgIpc) is 2.52. The molecule has 0 saturated carbocycles. The lowest BCUT2D eigenvalue weighted by Gasteiger charge is -2.33. The van der Waals surface area contributed by atoms with Crippen molar-refractivity contribution in [1.82, 2.24) is 20.5 Å². The Bertz CT molecular complexity index is 520. The van der Waals surface area contributed by atoms with Crippen molar-refractivity contribution in [1.29, 1.82) is 0 Å². The van der Waals surface area contributed by atoms with Gasteiger partial charge in [0.25, 0.3) is 0 Å². The van der Waals surface area contributed by atoms with Crippen molar-refractivity contribution in [3.05, 3.63) is 23.9 Å². The van der Waals surface area contributed by atoms with Gasteiger partial charge in [-0.05, 0) is 37.7 Å². The second kappa shape index (κ2) is 7.27. The Morgan fingerprint density at radius 1 is 1.35 bits per heavy atom. The number of amides is 1. The van der Waals surface area contributed by atoms with Gasteiger partial charge in [0.2, 0.25) is 5.91 Å². The molecule has 126 valence electrons. The maximum atomic E-state index is 12.1. The molecule has 1 aromatic rings. The number of anilines is 1. The molecule has 1 amide bonds. The number of carbonyl (C=O) groups is 1. The van der Waals surface area contributed by atoms with Crippen molar-refractivity contribution in [2.24, 2.45) is 11.8 Å². The van der Waals surface area contributed by atoms with E-state index in [0.717, 1.165) is 50.6 Å². The summed E-state index contributed by atoms with van der Waals surface area (Å²) in [5, 5.41) is 6.24. The Balaban J connectivity index is 1.48. The second-order valence-corrected chi connectivity index (χ2v) is 6.74. The van der Waals surface area contributed by atoms with Crippen molar-refractivity contribution in [2.75, 3.05) is 51.2 Å². The third-order valence-electron chi connectivity index (χ3n) is 5.04. The van der Waals surface area contributed by atoms with Crippen molar-refractivity contribution in [2.45, 2.75) is 13.5 Å². The highest BCUT2D eigenvalue weighted by atomic mass is 16.1. The Kier molecular flexibility index (Phi) is 5.13. The second-order valence-electron chi connectivity index (χ2n) is 6.74. The van der Waals surface area contributed by atoms with E-state index in [4.69, 9.17) is 0 Å². The van der Waals surface area contributed by atoms with Crippen molar-refractivity contribution in [3.8, 4) is 0 Å². The molecule has 2 saturated heterocycles. The molecular formula is C17H27N5O. The van der Waals surface area contributed by atoms with Crippen LogP contribution in [0.2, 0.25) is 0 Å². The van der Waals surface area contributed by atoms with Gasteiger partial charge < -0.3 is 20.4 Å². The molecule has 3 rings (SSSR count). The number of carbonyl (C=O) groups excluding carboxylic acids is 1. The van der Waals surface area contributed by atoms with E-state index in [0.29, 0.717) is 12.5 Å². The smallest absolute Gasteiger partial charge is 0.223 e. The monoisotopic (exact) mass is 317 g/mol. The van der Waals surface area contributed by atoms with Crippen LogP contribution < -0.4 is 15.5 Å². The third-order valence-corrected chi connectivity index (χ3v) is 5.04. The molecule has 2 aliphatic rings. The van der Waals surface area contributed by atoms with Gasteiger partial charge in [-0.15, -0.1) is 0 Å². The van der Waals surface area contributed by atoms with Crippen LogP contribution in [0.15, 0.2) is 18.3 Å². The summed E-state index contributed by atoms with van der Waals surface area (Å²) >= 11 is 0. The minimum absolute atomic E-state index is 0.0776. The number of hydrogen-bond donors (Lipinski definition) is 2. The highest BCUT2D eigenvalue weighted by Gasteiger charge is 2.28. The minimum Gasteiger partial charge on any atom is -0.354 e. The van der Waals surface area contributed by atoms with Crippen LogP contribution in [0.1, 0.15) is 12.5 Å². The third kappa shape index (κ3) is 4.00. The predicted molar refractivity (Wildman–Crippen MR) is 91.3 cm³/mol. The van der Waals surface area contributed by atoms with E-state index in [-0.39, 0.29) is 11.8 Å². The molecule has 6 nitrogen and oxygen atoms in total. The van der Waals surface area contributed by atoms with E-state index in [9.17, 15) is 4.79 Å². The van der Waals surface area contributed by atoms with Gasteiger partial charge in [-0.25, -0.2) is 4.98 Å². The Morgan fingerprint density at radius 2 is 2.09 bits per heavy atom. The van der Waals surface area contributed by atoms with Gasteiger partial charge in [0.05, 0.1) is 0 Å². The first-order valence-corrected chi connectivity index (χ1v) is 8.50. The van der Waals surface area contributed by atoms with Crippen molar-refractivity contribution >= 4 is 11.7 Å². The number of nitrogens with zero attached hydrogens (tertiary/aromatic N) is 3. The molecule has 2 fully saturated rings. The fourth-order valence-electron chi connectivity index (χ4n) is 2.97. The predicted octanol–water partition coefficient (Wildman–Crippen LogP) is 0.305. The van der Waals surface area contributed by atoms with E-state index in [1.54, 1.807) is 0 Å². The molecule has 1 unspecified atom stereocenters. The van der Waals surface area contributed by atoms with E-state index in [2.05, 4.69) is 44.6 Å². The van der Waals surface area contributed by atoms with E-state index < -0.39 is 0 Å². The normalized spacial score (nSPS) is 20.9. The summed E-state index contributed by atoms with van der Waals surface area (Å²) in [7, 11) is 2.15. The molecule has 2 aliphatic heterocycles. The van der Waals surface area contributed by atoms with E-state index in [1.165, 1.54) is 0 Å². The lowest BCUT2D eigenvalue weighted by Crippen LogP contribution is -2.49. The average molecular weight is 317 g/mol. The number of rotatable bonds is 5. The summed E-state index contributed by atoms with van der Waals surface area (Å²) in [6, 6.07) is 4.13. The lowest BCUT2D eigenvalue weighted by atomic mass is 9.88. The largest absolute Gasteiger partial charge is 0.354 e. The molecule has 0 radical (unpaired) electrons. The Labute approximate surface area is 138 Å². The van der Waals surface area contributed by atoms with Crippen LogP contribution in [0, 0.1) is 11.8 Å².